The van der Waals surface area contributed by atoms with E-state index in [1.165, 1.54) is 18.5 Å². The van der Waals surface area contributed by atoms with Crippen LogP contribution in [0.4, 0.5) is 11.4 Å². The Morgan fingerprint density at radius 1 is 1.09 bits per heavy atom. The van der Waals surface area contributed by atoms with Gasteiger partial charge in [-0.2, -0.15) is 0 Å². The monoisotopic (exact) mass is 295 g/mol. The largest absolute Gasteiger partial charge is 0.379 e. The third-order valence-electron chi connectivity index (χ3n) is 4.05. The second kappa shape index (κ2) is 6.52. The molecule has 114 valence electrons. The molecular weight excluding hydrogens is 274 g/mol. The van der Waals surface area contributed by atoms with Crippen LogP contribution in [0.3, 0.4) is 0 Å². The zero-order valence-corrected chi connectivity index (χ0v) is 12.6. The maximum Gasteiger partial charge on any atom is 0.248 e. The standard InChI is InChI=1S/C18H21N3O/c19-18(22)15-7-5-6-14(12-15)13-20-16-8-1-2-9-17(16)21-10-3-4-11-21/h1-2,5-9,12,20H,3-4,10-11,13H2,(H2,19,22). The minimum Gasteiger partial charge on any atom is -0.379 e. The van der Waals surface area contributed by atoms with Crippen molar-refractivity contribution in [1.82, 2.24) is 0 Å². The van der Waals surface area contributed by atoms with E-state index in [0.717, 1.165) is 24.3 Å². The summed E-state index contributed by atoms with van der Waals surface area (Å²) in [6.07, 6.45) is 2.52. The molecular formula is C18H21N3O. The molecule has 1 amide bonds. The summed E-state index contributed by atoms with van der Waals surface area (Å²) < 4.78 is 0. The summed E-state index contributed by atoms with van der Waals surface area (Å²) in [5.74, 6) is -0.390. The molecule has 2 aromatic rings. The van der Waals surface area contributed by atoms with Crippen LogP contribution in [0, 0.1) is 0 Å². The molecule has 2 aromatic carbocycles. The predicted octanol–water partition coefficient (Wildman–Crippen LogP) is 3.00. The van der Waals surface area contributed by atoms with Crippen molar-refractivity contribution in [2.45, 2.75) is 19.4 Å². The maximum absolute atomic E-state index is 11.3. The van der Waals surface area contributed by atoms with Crippen molar-refractivity contribution in [1.29, 1.82) is 0 Å². The van der Waals surface area contributed by atoms with Gasteiger partial charge < -0.3 is 16.0 Å². The van der Waals surface area contributed by atoms with E-state index in [1.54, 1.807) is 6.07 Å². The van der Waals surface area contributed by atoms with Gasteiger partial charge in [0.15, 0.2) is 0 Å². The van der Waals surface area contributed by atoms with Gasteiger partial charge in [-0.1, -0.05) is 24.3 Å². The fourth-order valence-electron chi connectivity index (χ4n) is 2.89. The number of nitrogens with two attached hydrogens (primary N) is 1. The highest BCUT2D eigenvalue weighted by atomic mass is 16.1. The highest BCUT2D eigenvalue weighted by Crippen LogP contribution is 2.28. The zero-order valence-electron chi connectivity index (χ0n) is 12.6. The van der Waals surface area contributed by atoms with E-state index < -0.39 is 0 Å². The van der Waals surface area contributed by atoms with Crippen molar-refractivity contribution >= 4 is 17.3 Å². The molecule has 0 aliphatic carbocycles. The van der Waals surface area contributed by atoms with Crippen molar-refractivity contribution in [2.24, 2.45) is 5.73 Å². The van der Waals surface area contributed by atoms with E-state index in [4.69, 9.17) is 5.73 Å². The van der Waals surface area contributed by atoms with Gasteiger partial charge in [-0.3, -0.25) is 4.79 Å². The highest BCUT2D eigenvalue weighted by Gasteiger charge is 2.15. The molecule has 3 N–H and O–H groups in total. The Balaban J connectivity index is 1.74. The molecule has 1 heterocycles. The lowest BCUT2D eigenvalue weighted by Crippen LogP contribution is -2.19. The Morgan fingerprint density at radius 3 is 2.64 bits per heavy atom. The van der Waals surface area contributed by atoms with Gasteiger partial charge in [-0.15, -0.1) is 0 Å². The van der Waals surface area contributed by atoms with Crippen LogP contribution in [0.1, 0.15) is 28.8 Å². The molecule has 1 fully saturated rings. The molecule has 0 aromatic heterocycles. The third kappa shape index (κ3) is 3.22. The van der Waals surface area contributed by atoms with E-state index in [-0.39, 0.29) is 5.91 Å². The molecule has 1 aliphatic rings. The minimum absolute atomic E-state index is 0.390. The molecule has 0 spiro atoms. The summed E-state index contributed by atoms with van der Waals surface area (Å²) in [4.78, 5) is 13.7. The molecule has 0 radical (unpaired) electrons. The molecule has 1 saturated heterocycles. The highest BCUT2D eigenvalue weighted by molar-refractivity contribution is 5.92. The number of hydrogen-bond donors (Lipinski definition) is 2. The van der Waals surface area contributed by atoms with E-state index >= 15 is 0 Å². The van der Waals surface area contributed by atoms with E-state index in [0.29, 0.717) is 12.1 Å². The van der Waals surface area contributed by atoms with Gasteiger partial charge in [0.1, 0.15) is 0 Å². The minimum atomic E-state index is -0.390. The first kappa shape index (κ1) is 14.4. The summed E-state index contributed by atoms with van der Waals surface area (Å²) in [6.45, 7) is 2.91. The van der Waals surface area contributed by atoms with Crippen LogP contribution < -0.4 is 16.0 Å². The summed E-state index contributed by atoms with van der Waals surface area (Å²) in [6, 6.07) is 15.8. The molecule has 0 bridgehead atoms. The van der Waals surface area contributed by atoms with Crippen molar-refractivity contribution in [2.75, 3.05) is 23.3 Å². The van der Waals surface area contributed by atoms with E-state index in [1.807, 2.05) is 24.3 Å². The SMILES string of the molecule is NC(=O)c1cccc(CNc2ccccc2N2CCCC2)c1. The second-order valence-corrected chi connectivity index (χ2v) is 5.63. The van der Waals surface area contributed by atoms with Crippen LogP contribution in [0.5, 0.6) is 0 Å². The number of hydrogen-bond acceptors (Lipinski definition) is 3. The van der Waals surface area contributed by atoms with Gasteiger partial charge in [0.05, 0.1) is 11.4 Å². The maximum atomic E-state index is 11.3. The molecule has 3 rings (SSSR count). The molecule has 1 aliphatic heterocycles. The summed E-state index contributed by atoms with van der Waals surface area (Å²) in [5.41, 5.74) is 9.32. The molecule has 0 saturated carbocycles. The number of para-hydroxylation sites is 2. The predicted molar refractivity (Wildman–Crippen MR) is 90.2 cm³/mol. The Bertz CT molecular complexity index is 663. The summed E-state index contributed by atoms with van der Waals surface area (Å²) in [7, 11) is 0. The number of benzene rings is 2. The smallest absolute Gasteiger partial charge is 0.248 e. The Labute approximate surface area is 130 Å². The van der Waals surface area contributed by atoms with Crippen LogP contribution in [-0.2, 0) is 6.54 Å². The molecule has 22 heavy (non-hydrogen) atoms. The summed E-state index contributed by atoms with van der Waals surface area (Å²) in [5, 5.41) is 3.48. The van der Waals surface area contributed by atoms with Crippen LogP contribution in [-0.4, -0.2) is 19.0 Å². The van der Waals surface area contributed by atoms with Crippen molar-refractivity contribution in [3.8, 4) is 0 Å². The number of amides is 1. The molecule has 4 heteroatoms. The quantitative estimate of drug-likeness (QED) is 0.891. The average Bonchev–Trinajstić information content (AvgIpc) is 3.08. The normalized spacial score (nSPS) is 14.1. The lowest BCUT2D eigenvalue weighted by atomic mass is 10.1. The third-order valence-corrected chi connectivity index (χ3v) is 4.05. The fourth-order valence-corrected chi connectivity index (χ4v) is 2.89. The number of nitrogens with zero attached hydrogens (tertiary/aromatic N) is 1. The van der Waals surface area contributed by atoms with Crippen LogP contribution in [0.25, 0.3) is 0 Å². The zero-order chi connectivity index (χ0) is 15.4. The van der Waals surface area contributed by atoms with Crippen LogP contribution in [0.2, 0.25) is 0 Å². The topological polar surface area (TPSA) is 58.4 Å². The number of carbonyl (C=O) groups excluding carboxylic acids is 1. The van der Waals surface area contributed by atoms with Crippen molar-refractivity contribution < 1.29 is 4.79 Å². The Kier molecular flexibility index (Phi) is 4.28. The summed E-state index contributed by atoms with van der Waals surface area (Å²) >= 11 is 0. The van der Waals surface area contributed by atoms with E-state index in [9.17, 15) is 4.79 Å². The fraction of sp³-hybridized carbons (Fsp3) is 0.278. The van der Waals surface area contributed by atoms with Gasteiger partial charge in [-0.05, 0) is 42.7 Å². The van der Waals surface area contributed by atoms with Gasteiger partial charge in [-0.25, -0.2) is 0 Å². The lowest BCUT2D eigenvalue weighted by Gasteiger charge is -2.22. The van der Waals surface area contributed by atoms with Gasteiger partial charge in [0, 0.05) is 25.2 Å². The van der Waals surface area contributed by atoms with Gasteiger partial charge >= 0.3 is 0 Å². The van der Waals surface area contributed by atoms with Crippen molar-refractivity contribution in [3.05, 3.63) is 59.7 Å². The first-order valence-corrected chi connectivity index (χ1v) is 7.70. The molecule has 4 nitrogen and oxygen atoms in total. The lowest BCUT2D eigenvalue weighted by molar-refractivity contribution is 0.1000. The average molecular weight is 295 g/mol. The molecule has 0 unspecified atom stereocenters. The van der Waals surface area contributed by atoms with Crippen molar-refractivity contribution in [3.63, 3.8) is 0 Å². The second-order valence-electron chi connectivity index (χ2n) is 5.63. The number of rotatable bonds is 5. The van der Waals surface area contributed by atoms with Gasteiger partial charge in [0.2, 0.25) is 5.91 Å². The first-order chi connectivity index (χ1) is 10.7. The number of nitrogens with one attached hydrogen (secondary N) is 1. The molecule has 0 atom stereocenters. The number of primary amides is 1. The number of anilines is 2. The first-order valence-electron chi connectivity index (χ1n) is 7.70. The van der Waals surface area contributed by atoms with Crippen LogP contribution >= 0.6 is 0 Å². The van der Waals surface area contributed by atoms with E-state index in [2.05, 4.69) is 28.4 Å². The number of carbonyl (C=O) groups is 1. The van der Waals surface area contributed by atoms with Gasteiger partial charge in [0.25, 0.3) is 0 Å². The Morgan fingerprint density at radius 2 is 1.86 bits per heavy atom. The van der Waals surface area contributed by atoms with Crippen LogP contribution in [0.15, 0.2) is 48.5 Å². The Hall–Kier alpha value is -2.49.